The van der Waals surface area contributed by atoms with Crippen molar-refractivity contribution in [1.29, 1.82) is 0 Å². The molecule has 4 nitrogen and oxygen atoms in total. The van der Waals surface area contributed by atoms with E-state index in [9.17, 15) is 4.79 Å². The summed E-state index contributed by atoms with van der Waals surface area (Å²) in [6.45, 7) is 4.27. The lowest BCUT2D eigenvalue weighted by Gasteiger charge is -2.08. The lowest BCUT2D eigenvalue weighted by Crippen LogP contribution is -2.23. The van der Waals surface area contributed by atoms with Gasteiger partial charge in [0.15, 0.2) is 0 Å². The summed E-state index contributed by atoms with van der Waals surface area (Å²) < 4.78 is 0. The fourth-order valence-corrected chi connectivity index (χ4v) is 2.40. The Bertz CT molecular complexity index is 652. The highest BCUT2D eigenvalue weighted by Crippen LogP contribution is 2.17. The third-order valence-electron chi connectivity index (χ3n) is 3.69. The van der Waals surface area contributed by atoms with Crippen LogP contribution in [-0.2, 0) is 19.6 Å². The van der Waals surface area contributed by atoms with E-state index in [0.29, 0.717) is 12.1 Å². The predicted molar refractivity (Wildman–Crippen MR) is 77.1 cm³/mol. The van der Waals surface area contributed by atoms with Gasteiger partial charge in [-0.15, -0.1) is 0 Å². The van der Waals surface area contributed by atoms with Gasteiger partial charge in [0.1, 0.15) is 0 Å². The van der Waals surface area contributed by atoms with Crippen molar-refractivity contribution >= 4 is 5.91 Å². The monoisotopic (exact) mass is 267 g/mol. The highest BCUT2D eigenvalue weighted by molar-refractivity contribution is 5.94. The average molecular weight is 267 g/mol. The molecule has 1 aliphatic rings. The molecule has 2 aromatic rings. The summed E-state index contributed by atoms with van der Waals surface area (Å²) >= 11 is 0. The maximum atomic E-state index is 12.2. The van der Waals surface area contributed by atoms with Gasteiger partial charge < -0.3 is 10.6 Å². The van der Waals surface area contributed by atoms with Crippen molar-refractivity contribution in [2.24, 2.45) is 0 Å². The number of nitrogens with zero attached hydrogens (tertiary/aromatic N) is 1. The molecular formula is C16H17N3O. The molecule has 0 radical (unpaired) electrons. The molecule has 102 valence electrons. The van der Waals surface area contributed by atoms with E-state index in [1.165, 1.54) is 11.1 Å². The molecule has 2 heterocycles. The summed E-state index contributed by atoms with van der Waals surface area (Å²) in [7, 11) is 0. The molecule has 0 fully saturated rings. The molecule has 2 N–H and O–H groups in total. The highest BCUT2D eigenvalue weighted by Gasteiger charge is 2.13. The number of fused-ring (bicyclic) bond motifs is 1. The van der Waals surface area contributed by atoms with Gasteiger partial charge in [-0.3, -0.25) is 9.78 Å². The van der Waals surface area contributed by atoms with Gasteiger partial charge in [0.25, 0.3) is 5.91 Å². The SMILES string of the molecule is Cc1ccncc1CNC(=O)c1ccc2c(c1)CNC2. The maximum absolute atomic E-state index is 12.2. The standard InChI is InChI=1S/C16H17N3O/c1-11-4-5-17-9-15(11)10-19-16(20)12-2-3-13-7-18-8-14(13)6-12/h2-6,9,18H,7-8,10H2,1H3,(H,19,20). The van der Waals surface area contributed by atoms with Crippen LogP contribution < -0.4 is 10.6 Å². The van der Waals surface area contributed by atoms with E-state index >= 15 is 0 Å². The van der Waals surface area contributed by atoms with Crippen LogP contribution in [0.25, 0.3) is 0 Å². The topological polar surface area (TPSA) is 54.0 Å². The molecule has 0 saturated carbocycles. The zero-order valence-corrected chi connectivity index (χ0v) is 11.4. The molecule has 1 aromatic heterocycles. The van der Waals surface area contributed by atoms with Crippen molar-refractivity contribution in [2.45, 2.75) is 26.6 Å². The number of benzene rings is 1. The number of aromatic nitrogens is 1. The predicted octanol–water partition coefficient (Wildman–Crippen LogP) is 1.92. The lowest BCUT2D eigenvalue weighted by molar-refractivity contribution is 0.0951. The van der Waals surface area contributed by atoms with Gasteiger partial charge in [-0.1, -0.05) is 6.07 Å². The molecule has 3 rings (SSSR count). The van der Waals surface area contributed by atoms with Crippen LogP contribution in [0, 0.1) is 6.92 Å². The summed E-state index contributed by atoms with van der Waals surface area (Å²) in [6.07, 6.45) is 3.55. The Balaban J connectivity index is 1.69. The molecule has 0 unspecified atom stereocenters. The number of aryl methyl sites for hydroxylation is 1. The van der Waals surface area contributed by atoms with Gasteiger partial charge in [-0.25, -0.2) is 0 Å². The molecule has 0 aliphatic carbocycles. The van der Waals surface area contributed by atoms with E-state index in [2.05, 4.69) is 15.6 Å². The Labute approximate surface area is 118 Å². The van der Waals surface area contributed by atoms with Gasteiger partial charge in [-0.05, 0) is 47.4 Å². The Kier molecular flexibility index (Phi) is 3.48. The first-order valence-electron chi connectivity index (χ1n) is 6.74. The number of rotatable bonds is 3. The van der Waals surface area contributed by atoms with Gasteiger partial charge >= 0.3 is 0 Å². The van der Waals surface area contributed by atoms with Crippen LogP contribution in [0.5, 0.6) is 0 Å². The van der Waals surface area contributed by atoms with E-state index in [1.54, 1.807) is 12.4 Å². The second kappa shape index (κ2) is 5.43. The lowest BCUT2D eigenvalue weighted by atomic mass is 10.1. The first kappa shape index (κ1) is 12.8. The van der Waals surface area contributed by atoms with E-state index in [0.717, 1.165) is 24.2 Å². The van der Waals surface area contributed by atoms with Crippen molar-refractivity contribution in [1.82, 2.24) is 15.6 Å². The zero-order chi connectivity index (χ0) is 13.9. The zero-order valence-electron chi connectivity index (χ0n) is 11.4. The van der Waals surface area contributed by atoms with Crippen molar-refractivity contribution in [3.05, 3.63) is 64.5 Å². The molecule has 0 saturated heterocycles. The number of carbonyl (C=O) groups is 1. The Hall–Kier alpha value is -2.20. The average Bonchev–Trinajstić information content (AvgIpc) is 2.93. The van der Waals surface area contributed by atoms with E-state index < -0.39 is 0 Å². The first-order chi connectivity index (χ1) is 9.74. The van der Waals surface area contributed by atoms with Crippen LogP contribution in [0.4, 0.5) is 0 Å². The van der Waals surface area contributed by atoms with Crippen LogP contribution in [0.15, 0.2) is 36.7 Å². The normalized spacial score (nSPS) is 13.1. The molecule has 1 amide bonds. The summed E-state index contributed by atoms with van der Waals surface area (Å²) in [6, 6.07) is 7.83. The second-order valence-electron chi connectivity index (χ2n) is 5.07. The minimum Gasteiger partial charge on any atom is -0.348 e. The van der Waals surface area contributed by atoms with Crippen molar-refractivity contribution in [2.75, 3.05) is 0 Å². The van der Waals surface area contributed by atoms with Crippen molar-refractivity contribution in [3.8, 4) is 0 Å². The van der Waals surface area contributed by atoms with Crippen LogP contribution in [-0.4, -0.2) is 10.9 Å². The van der Waals surface area contributed by atoms with E-state index in [4.69, 9.17) is 0 Å². The molecular weight excluding hydrogens is 250 g/mol. The van der Waals surface area contributed by atoms with Gasteiger partial charge in [0.05, 0.1) is 0 Å². The number of pyridine rings is 1. The second-order valence-corrected chi connectivity index (χ2v) is 5.07. The number of amides is 1. The van der Waals surface area contributed by atoms with Crippen molar-refractivity contribution in [3.63, 3.8) is 0 Å². The molecule has 20 heavy (non-hydrogen) atoms. The van der Waals surface area contributed by atoms with Gasteiger partial charge in [-0.2, -0.15) is 0 Å². The number of hydrogen-bond donors (Lipinski definition) is 2. The quantitative estimate of drug-likeness (QED) is 0.893. The maximum Gasteiger partial charge on any atom is 0.251 e. The molecule has 4 heteroatoms. The molecule has 1 aromatic carbocycles. The number of hydrogen-bond acceptors (Lipinski definition) is 3. The summed E-state index contributed by atoms with van der Waals surface area (Å²) in [4.78, 5) is 16.3. The minimum atomic E-state index is -0.0389. The Morgan fingerprint density at radius 1 is 1.30 bits per heavy atom. The molecule has 1 aliphatic heterocycles. The van der Waals surface area contributed by atoms with E-state index in [1.807, 2.05) is 31.2 Å². The third-order valence-corrected chi connectivity index (χ3v) is 3.69. The fourth-order valence-electron chi connectivity index (χ4n) is 2.40. The van der Waals surface area contributed by atoms with Crippen LogP contribution in [0.1, 0.15) is 32.6 Å². The molecule has 0 spiro atoms. The third kappa shape index (κ3) is 2.56. The van der Waals surface area contributed by atoms with Crippen LogP contribution >= 0.6 is 0 Å². The van der Waals surface area contributed by atoms with E-state index in [-0.39, 0.29) is 5.91 Å². The summed E-state index contributed by atoms with van der Waals surface area (Å²) in [5, 5.41) is 6.23. The summed E-state index contributed by atoms with van der Waals surface area (Å²) in [5.74, 6) is -0.0389. The van der Waals surface area contributed by atoms with Crippen LogP contribution in [0.2, 0.25) is 0 Å². The Morgan fingerprint density at radius 2 is 2.15 bits per heavy atom. The van der Waals surface area contributed by atoms with Crippen LogP contribution in [0.3, 0.4) is 0 Å². The number of carbonyl (C=O) groups excluding carboxylic acids is 1. The highest BCUT2D eigenvalue weighted by atomic mass is 16.1. The smallest absolute Gasteiger partial charge is 0.251 e. The summed E-state index contributed by atoms with van der Waals surface area (Å²) in [5.41, 5.74) is 5.40. The first-order valence-corrected chi connectivity index (χ1v) is 6.74. The Morgan fingerprint density at radius 3 is 3.00 bits per heavy atom. The number of nitrogens with one attached hydrogen (secondary N) is 2. The largest absolute Gasteiger partial charge is 0.348 e. The van der Waals surface area contributed by atoms with Crippen molar-refractivity contribution < 1.29 is 4.79 Å². The molecule has 0 bridgehead atoms. The van der Waals surface area contributed by atoms with Gasteiger partial charge in [0, 0.05) is 37.6 Å². The fraction of sp³-hybridized carbons (Fsp3) is 0.250. The molecule has 0 atom stereocenters. The minimum absolute atomic E-state index is 0.0389. The van der Waals surface area contributed by atoms with Gasteiger partial charge in [0.2, 0.25) is 0 Å².